The summed E-state index contributed by atoms with van der Waals surface area (Å²) >= 11 is 0. The molecule has 1 aromatic carbocycles. The van der Waals surface area contributed by atoms with Crippen LogP contribution in [-0.4, -0.2) is 38.6 Å². The molecular weight excluding hydrogens is 303 g/mol. The van der Waals surface area contributed by atoms with E-state index in [1.807, 2.05) is 24.3 Å². The van der Waals surface area contributed by atoms with Crippen LogP contribution in [-0.2, 0) is 12.7 Å². The van der Waals surface area contributed by atoms with Crippen molar-refractivity contribution >= 4 is 7.12 Å². The maximum atomic E-state index is 10.2. The van der Waals surface area contributed by atoms with Crippen molar-refractivity contribution < 1.29 is 20.3 Å². The molecule has 4 nitrogen and oxygen atoms in total. The number of aryl methyl sites for hydroxylation is 1. The van der Waals surface area contributed by atoms with Gasteiger partial charge in [-0.1, -0.05) is 45.0 Å². The zero-order chi connectivity index (χ0) is 18.2. The molecule has 0 amide bonds. The molecule has 24 heavy (non-hydrogen) atoms. The largest absolute Gasteiger partial charge is 0.456 e. The van der Waals surface area contributed by atoms with E-state index in [1.165, 1.54) is 5.56 Å². The van der Waals surface area contributed by atoms with Crippen LogP contribution in [0.1, 0.15) is 58.1 Å². The van der Waals surface area contributed by atoms with Crippen molar-refractivity contribution in [3.05, 3.63) is 35.4 Å². The average Bonchev–Trinajstić information content (AvgIpc) is 2.50. The average molecular weight is 334 g/mol. The first-order valence-electron chi connectivity index (χ1n) is 8.92. The SMILES string of the molecule is CC1(O)CCC2CC1(O)C2(C)C.CCc1cccc(CB(O)O)c1. The highest BCUT2D eigenvalue weighted by atomic mass is 16.4. The lowest BCUT2D eigenvalue weighted by Crippen LogP contribution is -2.74. The van der Waals surface area contributed by atoms with Crippen molar-refractivity contribution in [1.82, 2.24) is 0 Å². The molecule has 2 bridgehead atoms. The van der Waals surface area contributed by atoms with Crippen molar-refractivity contribution in [2.24, 2.45) is 11.3 Å². The molecule has 4 rings (SSSR count). The summed E-state index contributed by atoms with van der Waals surface area (Å²) in [4.78, 5) is 0. The van der Waals surface area contributed by atoms with Crippen LogP contribution in [0.15, 0.2) is 24.3 Å². The van der Waals surface area contributed by atoms with E-state index in [1.54, 1.807) is 6.92 Å². The molecule has 3 aliphatic carbocycles. The Hall–Kier alpha value is -0.875. The van der Waals surface area contributed by atoms with Gasteiger partial charge in [-0.15, -0.1) is 0 Å². The molecule has 4 N–H and O–H groups in total. The van der Waals surface area contributed by atoms with Gasteiger partial charge < -0.3 is 20.3 Å². The Morgan fingerprint density at radius 2 is 1.75 bits per heavy atom. The van der Waals surface area contributed by atoms with Gasteiger partial charge in [0.1, 0.15) is 0 Å². The lowest BCUT2D eigenvalue weighted by Gasteiger charge is -2.68. The fraction of sp³-hybridized carbons (Fsp3) is 0.684. The second-order valence-electron chi connectivity index (χ2n) is 8.15. The van der Waals surface area contributed by atoms with E-state index in [4.69, 9.17) is 10.0 Å². The maximum absolute atomic E-state index is 10.2. The summed E-state index contributed by atoms with van der Waals surface area (Å²) in [5.41, 5.74) is 0.417. The van der Waals surface area contributed by atoms with Crippen LogP contribution in [0.5, 0.6) is 0 Å². The standard InChI is InChI=1S/C10H18O2.C9H13BO2/c1-8(2)7-4-5-9(3,11)10(8,12)6-7;1-2-8-4-3-5-9(6-8)7-10(11)12/h7,11-12H,4-6H2,1-3H3;3-6,11-12H,2,7H2,1H3. The number of fused-ring (bicyclic) bond motifs is 2. The molecule has 0 saturated heterocycles. The molecular formula is C19H31BO4. The summed E-state index contributed by atoms with van der Waals surface area (Å²) in [7, 11) is -1.24. The van der Waals surface area contributed by atoms with Gasteiger partial charge in [-0.25, -0.2) is 0 Å². The first-order valence-corrected chi connectivity index (χ1v) is 8.92. The van der Waals surface area contributed by atoms with Crippen molar-refractivity contribution in [3.63, 3.8) is 0 Å². The Morgan fingerprint density at radius 3 is 2.21 bits per heavy atom. The summed E-state index contributed by atoms with van der Waals surface area (Å²) in [6, 6.07) is 7.88. The predicted molar refractivity (Wildman–Crippen MR) is 96.4 cm³/mol. The number of hydrogen-bond acceptors (Lipinski definition) is 4. The fourth-order valence-electron chi connectivity index (χ4n) is 4.31. The predicted octanol–water partition coefficient (Wildman–Crippen LogP) is 2.11. The third kappa shape index (κ3) is 3.41. The smallest absolute Gasteiger partial charge is 0.427 e. The third-order valence-electron chi connectivity index (χ3n) is 6.32. The third-order valence-corrected chi connectivity index (χ3v) is 6.32. The van der Waals surface area contributed by atoms with Crippen LogP contribution in [0.2, 0.25) is 0 Å². The van der Waals surface area contributed by atoms with Crippen molar-refractivity contribution in [3.8, 4) is 0 Å². The van der Waals surface area contributed by atoms with Gasteiger partial charge in [0, 0.05) is 6.32 Å². The van der Waals surface area contributed by atoms with Crippen LogP contribution in [0.25, 0.3) is 0 Å². The van der Waals surface area contributed by atoms with Gasteiger partial charge >= 0.3 is 7.12 Å². The number of rotatable bonds is 3. The van der Waals surface area contributed by atoms with Crippen LogP contribution in [0.3, 0.4) is 0 Å². The monoisotopic (exact) mass is 334 g/mol. The van der Waals surface area contributed by atoms with Crippen LogP contribution < -0.4 is 0 Å². The second-order valence-corrected chi connectivity index (χ2v) is 8.15. The molecule has 3 atom stereocenters. The lowest BCUT2D eigenvalue weighted by molar-refractivity contribution is -0.312. The lowest BCUT2D eigenvalue weighted by atomic mass is 9.41. The minimum absolute atomic E-state index is 0.0885. The maximum Gasteiger partial charge on any atom is 0.456 e. The molecule has 3 unspecified atom stereocenters. The van der Waals surface area contributed by atoms with E-state index >= 15 is 0 Å². The molecule has 3 fully saturated rings. The molecule has 0 radical (unpaired) electrons. The van der Waals surface area contributed by atoms with Crippen LogP contribution in [0.4, 0.5) is 0 Å². The zero-order valence-corrected chi connectivity index (χ0v) is 15.3. The minimum Gasteiger partial charge on any atom is -0.427 e. The summed E-state index contributed by atoms with van der Waals surface area (Å²) in [5, 5.41) is 37.7. The normalized spacial score (nSPS) is 33.1. The number of benzene rings is 1. The van der Waals surface area contributed by atoms with Gasteiger partial charge in [-0.05, 0) is 55.1 Å². The molecule has 0 heterocycles. The highest BCUT2D eigenvalue weighted by Gasteiger charge is 2.69. The fourth-order valence-corrected chi connectivity index (χ4v) is 4.31. The van der Waals surface area contributed by atoms with E-state index in [0.29, 0.717) is 12.2 Å². The summed E-state index contributed by atoms with van der Waals surface area (Å²) in [5.74, 6) is 0.614. The highest BCUT2D eigenvalue weighted by Crippen LogP contribution is 2.65. The molecule has 3 saturated carbocycles. The first kappa shape index (κ1) is 19.4. The minimum atomic E-state index is -1.24. The van der Waals surface area contributed by atoms with E-state index in [-0.39, 0.29) is 5.41 Å². The van der Waals surface area contributed by atoms with Gasteiger partial charge in [0.2, 0.25) is 0 Å². The molecule has 0 aliphatic heterocycles. The molecule has 0 aromatic heterocycles. The zero-order valence-electron chi connectivity index (χ0n) is 15.3. The van der Waals surface area contributed by atoms with Gasteiger partial charge in [-0.2, -0.15) is 0 Å². The summed E-state index contributed by atoms with van der Waals surface area (Å²) in [6.07, 6.45) is 3.89. The first-order chi connectivity index (χ1) is 11.0. The van der Waals surface area contributed by atoms with Gasteiger partial charge in [0.15, 0.2) is 0 Å². The van der Waals surface area contributed by atoms with Gasteiger partial charge in [0.05, 0.1) is 11.2 Å². The Labute approximate surface area is 145 Å². The van der Waals surface area contributed by atoms with E-state index < -0.39 is 18.3 Å². The molecule has 134 valence electrons. The second kappa shape index (κ2) is 6.79. The molecule has 1 aromatic rings. The van der Waals surface area contributed by atoms with Gasteiger partial charge in [0.25, 0.3) is 0 Å². The Balaban J connectivity index is 0.000000174. The van der Waals surface area contributed by atoms with Crippen molar-refractivity contribution in [2.45, 2.75) is 70.9 Å². The molecule has 5 heteroatoms. The summed E-state index contributed by atoms with van der Waals surface area (Å²) < 4.78 is 0. The van der Waals surface area contributed by atoms with Crippen molar-refractivity contribution in [2.75, 3.05) is 0 Å². The van der Waals surface area contributed by atoms with E-state index in [2.05, 4.69) is 20.8 Å². The quantitative estimate of drug-likeness (QED) is 0.638. The van der Waals surface area contributed by atoms with Crippen LogP contribution in [0, 0.1) is 11.3 Å². The van der Waals surface area contributed by atoms with E-state index in [0.717, 1.165) is 31.2 Å². The summed E-state index contributed by atoms with van der Waals surface area (Å²) in [6.45, 7) is 7.97. The molecule has 0 spiro atoms. The van der Waals surface area contributed by atoms with Crippen molar-refractivity contribution in [1.29, 1.82) is 0 Å². The van der Waals surface area contributed by atoms with Gasteiger partial charge in [-0.3, -0.25) is 0 Å². The topological polar surface area (TPSA) is 80.9 Å². The Bertz CT molecular complexity index is 560. The Morgan fingerprint density at radius 1 is 1.12 bits per heavy atom. The highest BCUT2D eigenvalue weighted by molar-refractivity contribution is 6.40. The number of hydrogen-bond donors (Lipinski definition) is 4. The van der Waals surface area contributed by atoms with Crippen LogP contribution >= 0.6 is 0 Å². The molecule has 3 aliphatic rings. The van der Waals surface area contributed by atoms with E-state index in [9.17, 15) is 10.2 Å². The Kier molecular flexibility index (Phi) is 5.50. The number of aliphatic hydroxyl groups is 2.